The molecule has 1 aromatic carbocycles. The summed E-state index contributed by atoms with van der Waals surface area (Å²) < 4.78 is 1.13. The molecule has 1 aromatic rings. The lowest BCUT2D eigenvalue weighted by Crippen LogP contribution is -1.95. The second-order valence-electron chi connectivity index (χ2n) is 3.46. The predicted molar refractivity (Wildman–Crippen MR) is 55.2 cm³/mol. The smallest absolute Gasteiger partial charge is 0.180 e. The Morgan fingerprint density at radius 1 is 1.31 bits per heavy atom. The predicted octanol–water partition coefficient (Wildman–Crippen LogP) is 2.94. The first kappa shape index (κ1) is 9.19. The van der Waals surface area contributed by atoms with Crippen molar-refractivity contribution in [3.63, 3.8) is 0 Å². The van der Waals surface area contributed by atoms with Crippen LogP contribution in [0.15, 0.2) is 16.6 Å². The van der Waals surface area contributed by atoms with E-state index in [1.807, 2.05) is 12.1 Å². The van der Waals surface area contributed by atoms with E-state index in [0.717, 1.165) is 4.47 Å². The van der Waals surface area contributed by atoms with Crippen molar-refractivity contribution in [3.05, 3.63) is 33.3 Å². The highest BCUT2D eigenvalue weighted by molar-refractivity contribution is 9.10. The Hall–Kier alpha value is -0.380. The van der Waals surface area contributed by atoms with Gasteiger partial charge in [-0.2, -0.15) is 5.06 Å². The molecule has 1 aliphatic heterocycles. The molecule has 2 nitrogen and oxygen atoms in total. The van der Waals surface area contributed by atoms with Gasteiger partial charge in [0.25, 0.3) is 0 Å². The van der Waals surface area contributed by atoms with E-state index < -0.39 is 0 Å². The van der Waals surface area contributed by atoms with Gasteiger partial charge in [-0.05, 0) is 37.1 Å². The third-order valence-corrected chi connectivity index (χ3v) is 2.81. The summed E-state index contributed by atoms with van der Waals surface area (Å²) in [6, 6.07) is 4.25. The molecule has 70 valence electrons. The van der Waals surface area contributed by atoms with Gasteiger partial charge in [-0.1, -0.05) is 15.9 Å². The molecule has 0 radical (unpaired) electrons. The van der Waals surface area contributed by atoms with Crippen molar-refractivity contribution < 1.29 is 4.84 Å². The molecule has 0 saturated carbocycles. The summed E-state index contributed by atoms with van der Waals surface area (Å²) in [6.45, 7) is 4.23. The van der Waals surface area contributed by atoms with Gasteiger partial charge in [-0.15, -0.1) is 0 Å². The average Bonchev–Trinajstić information content (AvgIpc) is 2.64. The Morgan fingerprint density at radius 3 is 2.15 bits per heavy atom. The van der Waals surface area contributed by atoms with E-state index in [2.05, 4.69) is 41.9 Å². The minimum atomic E-state index is 0.174. The first-order valence-corrected chi connectivity index (χ1v) is 5.05. The Labute approximate surface area is 86.6 Å². The van der Waals surface area contributed by atoms with Gasteiger partial charge in [0.05, 0.1) is 0 Å². The standard InChI is InChI=1S/C10H12BrNO/c1-6-4-8(11)5-7(2)9(6)10-12(3)13-10/h4-5,10H,1-3H3/t10-,12?/m0/s1. The van der Waals surface area contributed by atoms with E-state index in [0.29, 0.717) is 0 Å². The van der Waals surface area contributed by atoms with Gasteiger partial charge < -0.3 is 0 Å². The Kier molecular flexibility index (Phi) is 2.18. The van der Waals surface area contributed by atoms with Gasteiger partial charge in [0.1, 0.15) is 0 Å². The van der Waals surface area contributed by atoms with E-state index >= 15 is 0 Å². The number of halogens is 1. The zero-order chi connectivity index (χ0) is 9.59. The van der Waals surface area contributed by atoms with E-state index in [1.165, 1.54) is 16.7 Å². The largest absolute Gasteiger partial charge is 0.270 e. The van der Waals surface area contributed by atoms with Crippen LogP contribution in [-0.4, -0.2) is 12.1 Å². The van der Waals surface area contributed by atoms with E-state index in [1.54, 1.807) is 0 Å². The molecule has 13 heavy (non-hydrogen) atoms. The van der Waals surface area contributed by atoms with Crippen LogP contribution in [0.4, 0.5) is 0 Å². The van der Waals surface area contributed by atoms with Crippen LogP contribution >= 0.6 is 15.9 Å². The van der Waals surface area contributed by atoms with Crippen molar-refractivity contribution in [2.24, 2.45) is 0 Å². The SMILES string of the molecule is Cc1cc(Br)cc(C)c1[C@@H]1ON1C. The van der Waals surface area contributed by atoms with Gasteiger partial charge in [-0.3, -0.25) is 4.84 Å². The van der Waals surface area contributed by atoms with E-state index in [4.69, 9.17) is 4.84 Å². The van der Waals surface area contributed by atoms with Crippen LogP contribution in [0.5, 0.6) is 0 Å². The van der Waals surface area contributed by atoms with Crippen LogP contribution in [-0.2, 0) is 4.84 Å². The van der Waals surface area contributed by atoms with Crippen molar-refractivity contribution in [2.75, 3.05) is 7.05 Å². The topological polar surface area (TPSA) is 15.5 Å². The lowest BCUT2D eigenvalue weighted by Gasteiger charge is -2.06. The molecule has 3 heteroatoms. The molecule has 2 atom stereocenters. The molecular formula is C10H12BrNO. The molecule has 1 saturated heterocycles. The quantitative estimate of drug-likeness (QED) is 0.703. The van der Waals surface area contributed by atoms with E-state index in [-0.39, 0.29) is 6.23 Å². The fourth-order valence-electron chi connectivity index (χ4n) is 1.68. The van der Waals surface area contributed by atoms with Crippen LogP contribution in [0, 0.1) is 13.8 Å². The Balaban J connectivity index is 2.45. The van der Waals surface area contributed by atoms with Gasteiger partial charge >= 0.3 is 0 Å². The molecule has 2 rings (SSSR count). The molecule has 0 amide bonds. The number of hydrogen-bond acceptors (Lipinski definition) is 2. The zero-order valence-corrected chi connectivity index (χ0v) is 9.55. The molecule has 0 aromatic heterocycles. The summed E-state index contributed by atoms with van der Waals surface area (Å²) in [6.07, 6.45) is 0.174. The number of benzene rings is 1. The molecule has 1 aliphatic rings. The number of hydroxylamine groups is 2. The first-order valence-electron chi connectivity index (χ1n) is 4.26. The van der Waals surface area contributed by atoms with Crippen molar-refractivity contribution in [2.45, 2.75) is 20.1 Å². The second-order valence-corrected chi connectivity index (χ2v) is 4.37. The molecule has 1 fully saturated rings. The number of rotatable bonds is 1. The number of hydrogen-bond donors (Lipinski definition) is 0. The Bertz CT molecular complexity index is 328. The van der Waals surface area contributed by atoms with Crippen LogP contribution in [0.3, 0.4) is 0 Å². The summed E-state index contributed by atoms with van der Waals surface area (Å²) in [4.78, 5) is 5.32. The molecule has 1 heterocycles. The maximum Gasteiger partial charge on any atom is 0.180 e. The molecular weight excluding hydrogens is 230 g/mol. The summed E-state index contributed by atoms with van der Waals surface area (Å²) in [5.41, 5.74) is 3.85. The van der Waals surface area contributed by atoms with Crippen LogP contribution < -0.4 is 0 Å². The molecule has 0 N–H and O–H groups in total. The third-order valence-electron chi connectivity index (χ3n) is 2.36. The van der Waals surface area contributed by atoms with Crippen LogP contribution in [0.2, 0.25) is 0 Å². The molecule has 0 aliphatic carbocycles. The highest BCUT2D eigenvalue weighted by atomic mass is 79.9. The number of nitrogens with zero attached hydrogens (tertiary/aromatic N) is 1. The number of aryl methyl sites for hydroxylation is 2. The molecule has 1 unspecified atom stereocenters. The van der Waals surface area contributed by atoms with Gasteiger partial charge in [0.2, 0.25) is 0 Å². The minimum absolute atomic E-state index is 0.174. The Morgan fingerprint density at radius 2 is 1.77 bits per heavy atom. The van der Waals surface area contributed by atoms with Crippen LogP contribution in [0.25, 0.3) is 0 Å². The van der Waals surface area contributed by atoms with Crippen LogP contribution in [0.1, 0.15) is 22.9 Å². The first-order chi connectivity index (χ1) is 6.09. The van der Waals surface area contributed by atoms with Gasteiger partial charge in [-0.25, -0.2) is 0 Å². The van der Waals surface area contributed by atoms with Gasteiger partial charge in [0.15, 0.2) is 6.23 Å². The summed E-state index contributed by atoms with van der Waals surface area (Å²) in [5, 5.41) is 1.86. The lowest BCUT2D eigenvalue weighted by molar-refractivity contribution is 0.233. The maximum absolute atomic E-state index is 5.32. The minimum Gasteiger partial charge on any atom is -0.270 e. The maximum atomic E-state index is 5.32. The highest BCUT2D eigenvalue weighted by Gasteiger charge is 2.36. The second kappa shape index (κ2) is 3.08. The monoisotopic (exact) mass is 241 g/mol. The van der Waals surface area contributed by atoms with Crippen molar-refractivity contribution in [3.8, 4) is 0 Å². The normalized spacial score (nSPS) is 26.2. The molecule has 0 spiro atoms. The average molecular weight is 242 g/mol. The summed E-state index contributed by atoms with van der Waals surface area (Å²) >= 11 is 3.48. The lowest BCUT2D eigenvalue weighted by atomic mass is 10.0. The van der Waals surface area contributed by atoms with Crippen molar-refractivity contribution >= 4 is 15.9 Å². The zero-order valence-electron chi connectivity index (χ0n) is 7.97. The fraction of sp³-hybridized carbons (Fsp3) is 0.400. The molecule has 0 bridgehead atoms. The van der Waals surface area contributed by atoms with Crippen molar-refractivity contribution in [1.29, 1.82) is 0 Å². The van der Waals surface area contributed by atoms with Crippen molar-refractivity contribution in [1.82, 2.24) is 5.06 Å². The summed E-state index contributed by atoms with van der Waals surface area (Å²) in [5.74, 6) is 0. The van der Waals surface area contributed by atoms with E-state index in [9.17, 15) is 0 Å². The van der Waals surface area contributed by atoms with Gasteiger partial charge in [0, 0.05) is 17.1 Å². The highest BCUT2D eigenvalue weighted by Crippen LogP contribution is 2.39. The third kappa shape index (κ3) is 1.64. The summed E-state index contributed by atoms with van der Waals surface area (Å²) in [7, 11) is 1.95. The fourth-order valence-corrected chi connectivity index (χ4v) is 2.36.